The van der Waals surface area contributed by atoms with Gasteiger partial charge in [0.2, 0.25) is 5.91 Å². The lowest BCUT2D eigenvalue weighted by Gasteiger charge is -2.27. The van der Waals surface area contributed by atoms with Crippen molar-refractivity contribution in [3.05, 3.63) is 36.2 Å². The largest absolute Gasteiger partial charge is 0.479 e. The lowest BCUT2D eigenvalue weighted by Crippen LogP contribution is -2.50. The number of benzene rings is 1. The van der Waals surface area contributed by atoms with Crippen molar-refractivity contribution >= 4 is 11.9 Å². The van der Waals surface area contributed by atoms with Crippen LogP contribution >= 0.6 is 0 Å². The highest BCUT2D eigenvalue weighted by Crippen LogP contribution is 2.27. The molecule has 0 bridgehead atoms. The molecule has 27 heavy (non-hydrogen) atoms. The number of hydrogen-bond donors (Lipinski definition) is 2. The summed E-state index contributed by atoms with van der Waals surface area (Å²) in [5, 5.41) is 20.8. The Morgan fingerprint density at radius 2 is 2.11 bits per heavy atom. The van der Waals surface area contributed by atoms with Gasteiger partial charge in [-0.05, 0) is 19.3 Å². The predicted octanol–water partition coefficient (Wildman–Crippen LogP) is 1.26. The summed E-state index contributed by atoms with van der Waals surface area (Å²) in [6.45, 7) is 0.896. The van der Waals surface area contributed by atoms with Gasteiger partial charge in [0.15, 0.2) is 11.4 Å². The summed E-state index contributed by atoms with van der Waals surface area (Å²) in [6, 6.07) is 9.76. The van der Waals surface area contributed by atoms with Gasteiger partial charge in [-0.15, -0.1) is 10.2 Å². The van der Waals surface area contributed by atoms with Crippen molar-refractivity contribution in [3.63, 3.8) is 0 Å². The second-order valence-corrected chi connectivity index (χ2v) is 7.12. The molecule has 2 atom stereocenters. The average Bonchev–Trinajstić information content (AvgIpc) is 3.34. The summed E-state index contributed by atoms with van der Waals surface area (Å²) in [7, 11) is 0. The topological polar surface area (TPSA) is 106 Å². The monoisotopic (exact) mass is 370 g/mol. The number of fused-ring (bicyclic) bond motifs is 1. The number of aromatic nitrogens is 3. The van der Waals surface area contributed by atoms with Crippen molar-refractivity contribution in [2.45, 2.75) is 37.8 Å². The maximum atomic E-state index is 12.7. The third kappa shape index (κ3) is 3.32. The molecule has 2 aromatic rings. The van der Waals surface area contributed by atoms with Crippen LogP contribution in [0.5, 0.6) is 0 Å². The molecule has 1 aromatic carbocycles. The summed E-state index contributed by atoms with van der Waals surface area (Å²) in [5.41, 5.74) is -0.331. The SMILES string of the molecule is O=C(NCC1(C(=O)O)CCCO1)C1CCc2nnc(-c3ccccc3)n2C1. The quantitative estimate of drug-likeness (QED) is 0.821. The van der Waals surface area contributed by atoms with Crippen LogP contribution in [0, 0.1) is 5.92 Å². The highest BCUT2D eigenvalue weighted by Gasteiger charge is 2.43. The molecule has 8 nitrogen and oxygen atoms in total. The Labute approximate surface area is 156 Å². The van der Waals surface area contributed by atoms with Gasteiger partial charge in [-0.2, -0.15) is 0 Å². The van der Waals surface area contributed by atoms with Gasteiger partial charge in [0.25, 0.3) is 0 Å². The number of carboxylic acid groups (broad SMARTS) is 1. The number of carbonyl (C=O) groups excluding carboxylic acids is 1. The van der Waals surface area contributed by atoms with E-state index in [9.17, 15) is 14.7 Å². The molecule has 2 unspecified atom stereocenters. The van der Waals surface area contributed by atoms with E-state index >= 15 is 0 Å². The van der Waals surface area contributed by atoms with Crippen LogP contribution in [0.1, 0.15) is 25.1 Å². The molecule has 8 heteroatoms. The number of amides is 1. The van der Waals surface area contributed by atoms with E-state index < -0.39 is 11.6 Å². The van der Waals surface area contributed by atoms with Crippen LogP contribution in [-0.4, -0.2) is 50.5 Å². The summed E-state index contributed by atoms with van der Waals surface area (Å²) in [4.78, 5) is 24.2. The van der Waals surface area contributed by atoms with Crippen molar-refractivity contribution in [2.75, 3.05) is 13.2 Å². The van der Waals surface area contributed by atoms with E-state index in [0.717, 1.165) is 17.2 Å². The number of nitrogens with one attached hydrogen (secondary N) is 1. The Bertz CT molecular complexity index is 843. The zero-order valence-electron chi connectivity index (χ0n) is 14.9. The first-order valence-electron chi connectivity index (χ1n) is 9.22. The van der Waals surface area contributed by atoms with Crippen molar-refractivity contribution in [2.24, 2.45) is 5.92 Å². The van der Waals surface area contributed by atoms with Gasteiger partial charge in [-0.3, -0.25) is 4.79 Å². The predicted molar refractivity (Wildman–Crippen MR) is 95.8 cm³/mol. The summed E-state index contributed by atoms with van der Waals surface area (Å²) in [6.07, 6.45) is 2.44. The maximum Gasteiger partial charge on any atom is 0.337 e. The van der Waals surface area contributed by atoms with Crippen molar-refractivity contribution in [1.82, 2.24) is 20.1 Å². The number of rotatable bonds is 5. The van der Waals surface area contributed by atoms with Gasteiger partial charge in [-0.25, -0.2) is 4.79 Å². The molecule has 3 heterocycles. The Kier molecular flexibility index (Phi) is 4.65. The third-order valence-corrected chi connectivity index (χ3v) is 5.39. The van der Waals surface area contributed by atoms with Gasteiger partial charge in [0.05, 0.1) is 12.5 Å². The molecule has 4 rings (SSSR count). The lowest BCUT2D eigenvalue weighted by atomic mass is 9.96. The van der Waals surface area contributed by atoms with E-state index in [0.29, 0.717) is 38.8 Å². The van der Waals surface area contributed by atoms with Crippen LogP contribution in [0.3, 0.4) is 0 Å². The van der Waals surface area contributed by atoms with Crippen LogP contribution < -0.4 is 5.32 Å². The number of carboxylic acids is 1. The third-order valence-electron chi connectivity index (χ3n) is 5.39. The number of aryl methyl sites for hydroxylation is 1. The minimum Gasteiger partial charge on any atom is -0.479 e. The fraction of sp³-hybridized carbons (Fsp3) is 0.474. The fourth-order valence-corrected chi connectivity index (χ4v) is 3.80. The first kappa shape index (κ1) is 17.7. The second-order valence-electron chi connectivity index (χ2n) is 7.12. The number of aliphatic carboxylic acids is 1. The Balaban J connectivity index is 1.46. The van der Waals surface area contributed by atoms with Gasteiger partial charge in [0, 0.05) is 25.1 Å². The first-order chi connectivity index (χ1) is 13.1. The molecule has 1 saturated heterocycles. The number of carbonyl (C=O) groups is 2. The van der Waals surface area contributed by atoms with Crippen molar-refractivity contribution in [1.29, 1.82) is 0 Å². The Morgan fingerprint density at radius 3 is 2.81 bits per heavy atom. The van der Waals surface area contributed by atoms with E-state index in [-0.39, 0.29) is 18.4 Å². The van der Waals surface area contributed by atoms with Gasteiger partial charge in [-0.1, -0.05) is 30.3 Å². The van der Waals surface area contributed by atoms with E-state index in [1.54, 1.807) is 0 Å². The molecule has 2 aliphatic heterocycles. The Morgan fingerprint density at radius 1 is 1.30 bits per heavy atom. The van der Waals surface area contributed by atoms with Gasteiger partial charge < -0.3 is 19.7 Å². The molecule has 1 amide bonds. The highest BCUT2D eigenvalue weighted by atomic mass is 16.5. The fourth-order valence-electron chi connectivity index (χ4n) is 3.80. The standard InChI is InChI=1S/C19H22N4O4/c24-17(20-12-19(18(25)26)9-4-10-27-19)14-7-8-15-21-22-16(23(15)11-14)13-5-2-1-3-6-13/h1-3,5-6,14H,4,7-12H2,(H,20,24)(H,25,26). The molecule has 1 aromatic heterocycles. The Hall–Kier alpha value is -2.74. The van der Waals surface area contributed by atoms with E-state index in [1.807, 2.05) is 34.9 Å². The molecular formula is C19H22N4O4. The van der Waals surface area contributed by atoms with E-state index in [4.69, 9.17) is 4.74 Å². The minimum absolute atomic E-state index is 0.00174. The summed E-state index contributed by atoms with van der Waals surface area (Å²) in [5.74, 6) is 0.215. The summed E-state index contributed by atoms with van der Waals surface area (Å²) >= 11 is 0. The van der Waals surface area contributed by atoms with Crippen LogP contribution in [0.15, 0.2) is 30.3 Å². The van der Waals surface area contributed by atoms with Gasteiger partial charge in [0.1, 0.15) is 5.82 Å². The minimum atomic E-state index is -1.29. The molecule has 2 N–H and O–H groups in total. The zero-order valence-corrected chi connectivity index (χ0v) is 14.9. The molecular weight excluding hydrogens is 348 g/mol. The van der Waals surface area contributed by atoms with Crippen LogP contribution in [-0.2, 0) is 27.3 Å². The first-order valence-corrected chi connectivity index (χ1v) is 9.22. The average molecular weight is 370 g/mol. The molecule has 0 spiro atoms. The normalized spacial score (nSPS) is 24.4. The second kappa shape index (κ2) is 7.11. The molecule has 0 aliphatic carbocycles. The zero-order chi connectivity index (χ0) is 18.9. The van der Waals surface area contributed by atoms with Crippen molar-refractivity contribution in [3.8, 4) is 11.4 Å². The number of ether oxygens (including phenoxy) is 1. The van der Waals surface area contributed by atoms with Crippen LogP contribution in [0.2, 0.25) is 0 Å². The molecule has 142 valence electrons. The molecule has 0 radical (unpaired) electrons. The maximum absolute atomic E-state index is 12.7. The van der Waals surface area contributed by atoms with Gasteiger partial charge >= 0.3 is 5.97 Å². The smallest absolute Gasteiger partial charge is 0.337 e. The highest BCUT2D eigenvalue weighted by molar-refractivity contribution is 5.82. The van der Waals surface area contributed by atoms with E-state index in [2.05, 4.69) is 15.5 Å². The molecule has 2 aliphatic rings. The molecule has 0 saturated carbocycles. The number of nitrogens with zero attached hydrogens (tertiary/aromatic N) is 3. The van der Waals surface area contributed by atoms with Crippen LogP contribution in [0.4, 0.5) is 0 Å². The van der Waals surface area contributed by atoms with Crippen LogP contribution in [0.25, 0.3) is 11.4 Å². The summed E-state index contributed by atoms with van der Waals surface area (Å²) < 4.78 is 7.41. The van der Waals surface area contributed by atoms with E-state index in [1.165, 1.54) is 0 Å². The van der Waals surface area contributed by atoms with Crippen molar-refractivity contribution < 1.29 is 19.4 Å². The lowest BCUT2D eigenvalue weighted by molar-refractivity contribution is -0.159. The molecule has 1 fully saturated rings. The number of hydrogen-bond acceptors (Lipinski definition) is 5.